The third kappa shape index (κ3) is 4.79. The zero-order chi connectivity index (χ0) is 17.6. The first kappa shape index (κ1) is 18.3. The van der Waals surface area contributed by atoms with Crippen LogP contribution in [-0.4, -0.2) is 48.0 Å². The molecule has 1 aromatic heterocycles. The Morgan fingerprint density at radius 1 is 1.36 bits per heavy atom. The van der Waals surface area contributed by atoms with Gasteiger partial charge in [-0.3, -0.25) is 9.59 Å². The Balaban J connectivity index is 1.50. The molecule has 1 saturated carbocycles. The van der Waals surface area contributed by atoms with Crippen molar-refractivity contribution in [3.05, 3.63) is 16.1 Å². The number of amides is 2. The molecule has 6 nitrogen and oxygen atoms in total. The van der Waals surface area contributed by atoms with Crippen LogP contribution in [-0.2, 0) is 20.9 Å². The summed E-state index contributed by atoms with van der Waals surface area (Å²) in [5.74, 6) is 0.726. The van der Waals surface area contributed by atoms with Crippen molar-refractivity contribution in [1.29, 1.82) is 0 Å². The number of carbonyl (C=O) groups excluding carboxylic acids is 2. The maximum atomic E-state index is 12.2. The van der Waals surface area contributed by atoms with E-state index >= 15 is 0 Å². The highest BCUT2D eigenvalue weighted by Crippen LogP contribution is 2.30. The van der Waals surface area contributed by atoms with E-state index in [9.17, 15) is 9.59 Å². The van der Waals surface area contributed by atoms with Gasteiger partial charge in [-0.15, -0.1) is 11.3 Å². The van der Waals surface area contributed by atoms with Crippen molar-refractivity contribution in [2.24, 2.45) is 5.92 Å². The van der Waals surface area contributed by atoms with Crippen LogP contribution in [0.25, 0.3) is 0 Å². The molecule has 0 bridgehead atoms. The number of ether oxygens (including phenoxy) is 1. The molecular formula is C18H27N3O3S. The molecule has 0 radical (unpaired) electrons. The van der Waals surface area contributed by atoms with Crippen molar-refractivity contribution >= 4 is 23.2 Å². The van der Waals surface area contributed by atoms with Crippen LogP contribution in [0.5, 0.6) is 0 Å². The van der Waals surface area contributed by atoms with Crippen LogP contribution < -0.4 is 5.32 Å². The Labute approximate surface area is 153 Å². The van der Waals surface area contributed by atoms with Crippen LogP contribution in [0.4, 0.5) is 0 Å². The zero-order valence-corrected chi connectivity index (χ0v) is 15.6. The number of piperidine rings is 1. The van der Waals surface area contributed by atoms with Gasteiger partial charge >= 0.3 is 0 Å². The lowest BCUT2D eigenvalue weighted by molar-refractivity contribution is -0.137. The van der Waals surface area contributed by atoms with Crippen LogP contribution in [0.3, 0.4) is 0 Å². The van der Waals surface area contributed by atoms with Gasteiger partial charge in [0, 0.05) is 36.9 Å². The molecule has 3 rings (SSSR count). The molecule has 1 aliphatic carbocycles. The van der Waals surface area contributed by atoms with Gasteiger partial charge in [-0.1, -0.05) is 6.42 Å². The smallest absolute Gasteiger partial charge is 0.248 e. The van der Waals surface area contributed by atoms with E-state index in [1.807, 2.05) is 17.2 Å². The fraction of sp³-hybridized carbons (Fsp3) is 0.722. The summed E-state index contributed by atoms with van der Waals surface area (Å²) in [6.45, 7) is 4.65. The Hall–Kier alpha value is -1.47. The van der Waals surface area contributed by atoms with Crippen LogP contribution in [0.15, 0.2) is 5.38 Å². The number of hydrogen-bond acceptors (Lipinski definition) is 5. The van der Waals surface area contributed by atoms with Gasteiger partial charge in [0.1, 0.15) is 6.61 Å². The molecule has 7 heteroatoms. The summed E-state index contributed by atoms with van der Waals surface area (Å²) in [7, 11) is 0. The number of rotatable bonds is 7. The van der Waals surface area contributed by atoms with Gasteiger partial charge in [0.2, 0.25) is 11.8 Å². The SMILES string of the molecule is CCOCC(=O)N1CCCC(c2nc(CNC(=O)C3CCC3)cs2)C1. The van der Waals surface area contributed by atoms with Gasteiger partial charge in [-0.05, 0) is 32.6 Å². The average Bonchev–Trinajstić information content (AvgIpc) is 3.05. The number of carbonyl (C=O) groups is 2. The molecule has 1 atom stereocenters. The van der Waals surface area contributed by atoms with E-state index in [4.69, 9.17) is 9.72 Å². The number of likely N-dealkylation sites (tertiary alicyclic amines) is 1. The lowest BCUT2D eigenvalue weighted by Crippen LogP contribution is -2.41. The number of thiazole rings is 1. The molecule has 1 N–H and O–H groups in total. The van der Waals surface area contributed by atoms with E-state index < -0.39 is 0 Å². The molecule has 25 heavy (non-hydrogen) atoms. The van der Waals surface area contributed by atoms with Crippen LogP contribution in [0.1, 0.15) is 55.6 Å². The first-order chi connectivity index (χ1) is 12.2. The minimum atomic E-state index is 0.0658. The van der Waals surface area contributed by atoms with Crippen molar-refractivity contribution in [3.8, 4) is 0 Å². The predicted octanol–water partition coefficient (Wildman–Crippen LogP) is 2.30. The summed E-state index contributed by atoms with van der Waals surface area (Å²) in [5.41, 5.74) is 0.922. The Morgan fingerprint density at radius 3 is 2.92 bits per heavy atom. The van der Waals surface area contributed by atoms with E-state index in [2.05, 4.69) is 5.32 Å². The summed E-state index contributed by atoms with van der Waals surface area (Å²) >= 11 is 1.64. The molecule has 1 saturated heterocycles. The molecule has 1 aliphatic heterocycles. The Kier molecular flexibility index (Phi) is 6.42. The van der Waals surface area contributed by atoms with Crippen LogP contribution >= 0.6 is 11.3 Å². The van der Waals surface area contributed by atoms with Crippen LogP contribution in [0, 0.1) is 5.92 Å². The average molecular weight is 365 g/mol. The van der Waals surface area contributed by atoms with E-state index in [0.717, 1.165) is 42.9 Å². The van der Waals surface area contributed by atoms with E-state index in [0.29, 0.717) is 25.6 Å². The first-order valence-electron chi connectivity index (χ1n) is 9.25. The maximum absolute atomic E-state index is 12.2. The van der Waals surface area contributed by atoms with Crippen molar-refractivity contribution in [1.82, 2.24) is 15.2 Å². The fourth-order valence-electron chi connectivity index (χ4n) is 3.27. The predicted molar refractivity (Wildman–Crippen MR) is 96.3 cm³/mol. The molecule has 0 spiro atoms. The third-order valence-corrected chi connectivity index (χ3v) is 6.10. The normalized spacial score (nSPS) is 21.0. The molecule has 2 heterocycles. The van der Waals surface area contributed by atoms with Crippen molar-refractivity contribution < 1.29 is 14.3 Å². The van der Waals surface area contributed by atoms with Gasteiger partial charge in [-0.2, -0.15) is 0 Å². The zero-order valence-electron chi connectivity index (χ0n) is 14.8. The summed E-state index contributed by atoms with van der Waals surface area (Å²) in [6, 6.07) is 0. The van der Waals surface area contributed by atoms with Crippen molar-refractivity contribution in [2.45, 2.75) is 51.5 Å². The maximum Gasteiger partial charge on any atom is 0.248 e. The van der Waals surface area contributed by atoms with E-state index in [1.165, 1.54) is 6.42 Å². The quantitative estimate of drug-likeness (QED) is 0.805. The monoisotopic (exact) mass is 365 g/mol. The fourth-order valence-corrected chi connectivity index (χ4v) is 4.22. The molecule has 0 aromatic carbocycles. The molecule has 2 amide bonds. The largest absolute Gasteiger partial charge is 0.372 e. The Bertz CT molecular complexity index is 600. The first-order valence-corrected chi connectivity index (χ1v) is 10.1. The highest BCUT2D eigenvalue weighted by molar-refractivity contribution is 7.09. The minimum absolute atomic E-state index is 0.0658. The van der Waals surface area contributed by atoms with E-state index in [-0.39, 0.29) is 24.3 Å². The second-order valence-electron chi connectivity index (χ2n) is 6.84. The van der Waals surface area contributed by atoms with Gasteiger partial charge in [0.25, 0.3) is 0 Å². The van der Waals surface area contributed by atoms with Gasteiger partial charge in [-0.25, -0.2) is 4.98 Å². The number of nitrogens with one attached hydrogen (secondary N) is 1. The summed E-state index contributed by atoms with van der Waals surface area (Å²) in [6.07, 6.45) is 5.25. The molecule has 1 aromatic rings. The standard InChI is InChI=1S/C18H27N3O3S/c1-2-24-11-16(22)21-8-4-7-14(10-21)18-20-15(12-25-18)9-19-17(23)13-5-3-6-13/h12-14H,2-11H2,1H3,(H,19,23). The van der Waals surface area contributed by atoms with Crippen molar-refractivity contribution in [2.75, 3.05) is 26.3 Å². The summed E-state index contributed by atoms with van der Waals surface area (Å²) < 4.78 is 5.24. The second kappa shape index (κ2) is 8.76. The lowest BCUT2D eigenvalue weighted by Gasteiger charge is -2.31. The van der Waals surface area contributed by atoms with Gasteiger partial charge in [0.05, 0.1) is 17.2 Å². The number of nitrogens with zero attached hydrogens (tertiary/aromatic N) is 2. The Morgan fingerprint density at radius 2 is 2.20 bits per heavy atom. The highest BCUT2D eigenvalue weighted by atomic mass is 32.1. The highest BCUT2D eigenvalue weighted by Gasteiger charge is 2.27. The van der Waals surface area contributed by atoms with Gasteiger partial charge in [0.15, 0.2) is 0 Å². The summed E-state index contributed by atoms with van der Waals surface area (Å²) in [4.78, 5) is 30.7. The van der Waals surface area contributed by atoms with Crippen molar-refractivity contribution in [3.63, 3.8) is 0 Å². The molecule has 2 aliphatic rings. The molecule has 138 valence electrons. The van der Waals surface area contributed by atoms with Crippen LogP contribution in [0.2, 0.25) is 0 Å². The number of hydrogen-bond donors (Lipinski definition) is 1. The number of aromatic nitrogens is 1. The van der Waals surface area contributed by atoms with Gasteiger partial charge < -0.3 is 15.0 Å². The second-order valence-corrected chi connectivity index (χ2v) is 7.73. The minimum Gasteiger partial charge on any atom is -0.372 e. The van der Waals surface area contributed by atoms with E-state index in [1.54, 1.807) is 11.3 Å². The molecule has 1 unspecified atom stereocenters. The molecular weight excluding hydrogens is 338 g/mol. The third-order valence-electron chi connectivity index (χ3n) is 5.04. The molecule has 2 fully saturated rings. The topological polar surface area (TPSA) is 71.5 Å². The lowest BCUT2D eigenvalue weighted by atomic mass is 9.85. The summed E-state index contributed by atoms with van der Waals surface area (Å²) in [5, 5.41) is 6.09.